The molecule has 190 valence electrons. The number of carbonyl (C=O) groups is 1. The van der Waals surface area contributed by atoms with Gasteiger partial charge < -0.3 is 20.2 Å². The lowest BCUT2D eigenvalue weighted by Crippen LogP contribution is -2.54. The van der Waals surface area contributed by atoms with Gasteiger partial charge >= 0.3 is 0 Å². The molecule has 8 heteroatoms. The predicted molar refractivity (Wildman–Crippen MR) is 152 cm³/mol. The van der Waals surface area contributed by atoms with Gasteiger partial charge in [-0.05, 0) is 48.8 Å². The Balaban J connectivity index is 1.35. The van der Waals surface area contributed by atoms with Gasteiger partial charge in [0.05, 0.1) is 17.0 Å². The molecule has 6 nitrogen and oxygen atoms in total. The standard InChI is InChI=1S/C29H29ClN4O2S/c1-33-24-13-12-22(30)18-23(24)25(21-10-6-3-7-11-21)31-26(27(33)35)32-28(37)34-16-14-29(36,15-17-34)19-20-8-4-2-5-9-20/h2-13,18,26,36H,14-17,19H2,1H3,(H,32,37). The average Bonchev–Trinajstić information content (AvgIpc) is 3.00. The molecule has 3 aromatic carbocycles. The largest absolute Gasteiger partial charge is 0.389 e. The zero-order valence-corrected chi connectivity index (χ0v) is 22.2. The molecule has 0 radical (unpaired) electrons. The Morgan fingerprint density at radius 3 is 2.41 bits per heavy atom. The van der Waals surface area contributed by atoms with E-state index in [1.54, 1.807) is 18.0 Å². The predicted octanol–water partition coefficient (Wildman–Crippen LogP) is 4.42. The molecule has 1 atom stereocenters. The molecule has 1 saturated heterocycles. The minimum absolute atomic E-state index is 0.213. The molecule has 1 unspecified atom stereocenters. The monoisotopic (exact) mass is 532 g/mol. The van der Waals surface area contributed by atoms with Crippen LogP contribution in [0.15, 0.2) is 83.9 Å². The van der Waals surface area contributed by atoms with Gasteiger partial charge in [0, 0.05) is 42.7 Å². The van der Waals surface area contributed by atoms with E-state index in [1.165, 1.54) is 0 Å². The summed E-state index contributed by atoms with van der Waals surface area (Å²) >= 11 is 12.1. The molecule has 2 aliphatic heterocycles. The van der Waals surface area contributed by atoms with E-state index in [2.05, 4.69) is 5.32 Å². The fourth-order valence-electron chi connectivity index (χ4n) is 4.95. The van der Waals surface area contributed by atoms with Crippen LogP contribution in [-0.4, -0.2) is 58.6 Å². The van der Waals surface area contributed by atoms with Crippen molar-refractivity contribution in [3.63, 3.8) is 0 Å². The molecule has 0 aliphatic carbocycles. The molecule has 1 amide bonds. The van der Waals surface area contributed by atoms with Crippen molar-refractivity contribution in [3.05, 3.63) is 101 Å². The molecule has 0 spiro atoms. The van der Waals surface area contributed by atoms with Crippen LogP contribution in [0, 0.1) is 0 Å². The van der Waals surface area contributed by atoms with Gasteiger partial charge in [-0.1, -0.05) is 72.3 Å². The summed E-state index contributed by atoms with van der Waals surface area (Å²) in [5.74, 6) is -0.213. The van der Waals surface area contributed by atoms with E-state index in [0.29, 0.717) is 48.2 Å². The number of likely N-dealkylation sites (tertiary alicyclic amines) is 1. The number of benzodiazepines with no additional fused rings is 1. The number of benzene rings is 3. The molecule has 0 saturated carbocycles. The van der Waals surface area contributed by atoms with Gasteiger partial charge in [-0.3, -0.25) is 4.79 Å². The van der Waals surface area contributed by atoms with Crippen molar-refractivity contribution < 1.29 is 9.90 Å². The average molecular weight is 533 g/mol. The summed E-state index contributed by atoms with van der Waals surface area (Å²) in [5, 5.41) is 15.4. The van der Waals surface area contributed by atoms with Gasteiger partial charge in [0.2, 0.25) is 6.17 Å². The van der Waals surface area contributed by atoms with E-state index in [4.69, 9.17) is 28.8 Å². The van der Waals surface area contributed by atoms with E-state index < -0.39 is 11.8 Å². The third-order valence-electron chi connectivity index (χ3n) is 7.06. The van der Waals surface area contributed by atoms with E-state index in [0.717, 1.165) is 22.4 Å². The number of rotatable bonds is 4. The van der Waals surface area contributed by atoms with Crippen LogP contribution in [0.5, 0.6) is 0 Å². The van der Waals surface area contributed by atoms with Crippen LogP contribution < -0.4 is 10.2 Å². The minimum atomic E-state index is -0.899. The van der Waals surface area contributed by atoms with Gasteiger partial charge in [-0.2, -0.15) is 0 Å². The van der Waals surface area contributed by atoms with Gasteiger partial charge in [0.1, 0.15) is 0 Å². The summed E-state index contributed by atoms with van der Waals surface area (Å²) < 4.78 is 0. The normalized spacial score (nSPS) is 19.1. The fraction of sp³-hybridized carbons (Fsp3) is 0.276. The number of likely N-dealkylation sites (N-methyl/N-ethyl adjacent to an activating group) is 1. The smallest absolute Gasteiger partial charge is 0.272 e. The maximum Gasteiger partial charge on any atom is 0.272 e. The van der Waals surface area contributed by atoms with Crippen molar-refractivity contribution in [1.29, 1.82) is 0 Å². The van der Waals surface area contributed by atoms with Crippen molar-refractivity contribution >= 4 is 46.2 Å². The molecular formula is C29H29ClN4O2S. The zero-order valence-electron chi connectivity index (χ0n) is 20.6. The number of thiocarbonyl (C=S) groups is 1. The number of anilines is 1. The lowest BCUT2D eigenvalue weighted by Gasteiger charge is -2.40. The molecule has 2 heterocycles. The second kappa shape index (κ2) is 10.6. The summed E-state index contributed by atoms with van der Waals surface area (Å²) in [6.07, 6.45) is 0.887. The zero-order chi connectivity index (χ0) is 26.0. The fourth-order valence-corrected chi connectivity index (χ4v) is 5.42. The third-order valence-corrected chi connectivity index (χ3v) is 7.67. The highest BCUT2D eigenvalue weighted by Gasteiger charge is 2.35. The number of hydrogen-bond acceptors (Lipinski definition) is 4. The number of amides is 1. The number of nitrogens with zero attached hydrogens (tertiary/aromatic N) is 3. The lowest BCUT2D eigenvalue weighted by molar-refractivity contribution is -0.119. The van der Waals surface area contributed by atoms with Crippen molar-refractivity contribution in [2.75, 3.05) is 25.0 Å². The molecule has 1 fully saturated rings. The number of aliphatic hydroxyl groups is 1. The molecule has 3 aromatic rings. The molecule has 5 rings (SSSR count). The second-order valence-electron chi connectivity index (χ2n) is 9.63. The first kappa shape index (κ1) is 25.4. The van der Waals surface area contributed by atoms with Crippen LogP contribution in [-0.2, 0) is 11.2 Å². The summed E-state index contributed by atoms with van der Waals surface area (Å²) in [6.45, 7) is 1.19. The van der Waals surface area contributed by atoms with Crippen molar-refractivity contribution in [3.8, 4) is 0 Å². The van der Waals surface area contributed by atoms with Crippen molar-refractivity contribution in [2.45, 2.75) is 31.0 Å². The first-order valence-electron chi connectivity index (χ1n) is 12.4. The van der Waals surface area contributed by atoms with Crippen molar-refractivity contribution in [2.24, 2.45) is 4.99 Å². The van der Waals surface area contributed by atoms with Crippen LogP contribution in [0.3, 0.4) is 0 Å². The van der Waals surface area contributed by atoms with Crippen LogP contribution in [0.1, 0.15) is 29.5 Å². The summed E-state index contributed by atoms with van der Waals surface area (Å²) in [6, 6.07) is 25.2. The number of halogens is 1. The Labute approximate surface area is 227 Å². The van der Waals surface area contributed by atoms with Gasteiger partial charge in [0.25, 0.3) is 5.91 Å². The van der Waals surface area contributed by atoms with Gasteiger partial charge in [0.15, 0.2) is 5.11 Å². The Kier molecular flexibility index (Phi) is 7.29. The SMILES string of the molecule is CN1C(=O)C(NC(=S)N2CCC(O)(Cc3ccccc3)CC2)N=C(c2ccccc2)c2cc(Cl)ccc21. The molecule has 0 bridgehead atoms. The number of aliphatic imine (C=N–C) groups is 1. The maximum atomic E-state index is 13.5. The molecule has 0 aromatic heterocycles. The lowest BCUT2D eigenvalue weighted by atomic mass is 9.85. The Hall–Kier alpha value is -3.26. The number of fused-ring (bicyclic) bond motifs is 1. The van der Waals surface area contributed by atoms with Crippen LogP contribution >= 0.6 is 23.8 Å². The maximum absolute atomic E-state index is 13.5. The first-order valence-corrected chi connectivity index (χ1v) is 13.1. The number of hydrogen-bond donors (Lipinski definition) is 2. The Morgan fingerprint density at radius 2 is 1.73 bits per heavy atom. The van der Waals surface area contributed by atoms with Crippen molar-refractivity contribution in [1.82, 2.24) is 10.2 Å². The number of carbonyl (C=O) groups excluding carboxylic acids is 1. The quantitative estimate of drug-likeness (QED) is 0.487. The van der Waals surface area contributed by atoms with E-state index in [9.17, 15) is 9.90 Å². The summed E-state index contributed by atoms with van der Waals surface area (Å²) in [4.78, 5) is 22.0. The minimum Gasteiger partial charge on any atom is -0.389 e. The number of nitrogens with one attached hydrogen (secondary N) is 1. The van der Waals surface area contributed by atoms with Crippen LogP contribution in [0.2, 0.25) is 5.02 Å². The summed E-state index contributed by atoms with van der Waals surface area (Å²) in [7, 11) is 1.74. The van der Waals surface area contributed by atoms with Gasteiger partial charge in [-0.15, -0.1) is 0 Å². The molecule has 37 heavy (non-hydrogen) atoms. The van der Waals surface area contributed by atoms with E-state index in [-0.39, 0.29) is 5.91 Å². The van der Waals surface area contributed by atoms with Crippen LogP contribution in [0.4, 0.5) is 5.69 Å². The highest BCUT2D eigenvalue weighted by molar-refractivity contribution is 7.80. The highest BCUT2D eigenvalue weighted by Crippen LogP contribution is 2.30. The third kappa shape index (κ3) is 5.54. The molecule has 2 N–H and O–H groups in total. The summed E-state index contributed by atoms with van der Waals surface area (Å²) in [5.41, 5.74) is 3.42. The molecular weight excluding hydrogens is 504 g/mol. The highest BCUT2D eigenvalue weighted by atomic mass is 35.5. The van der Waals surface area contributed by atoms with E-state index in [1.807, 2.05) is 77.7 Å². The topological polar surface area (TPSA) is 68.2 Å². The first-order chi connectivity index (χ1) is 17.8. The Morgan fingerprint density at radius 1 is 1.08 bits per heavy atom. The van der Waals surface area contributed by atoms with Crippen LogP contribution in [0.25, 0.3) is 0 Å². The number of piperidine rings is 1. The second-order valence-corrected chi connectivity index (χ2v) is 10.5. The Bertz CT molecular complexity index is 1320. The molecule has 2 aliphatic rings. The van der Waals surface area contributed by atoms with E-state index >= 15 is 0 Å². The van der Waals surface area contributed by atoms with Gasteiger partial charge in [-0.25, -0.2) is 4.99 Å².